The van der Waals surface area contributed by atoms with E-state index in [-0.39, 0.29) is 17.8 Å². The Labute approximate surface area is 132 Å². The predicted molar refractivity (Wildman–Crippen MR) is 84.1 cm³/mol. The summed E-state index contributed by atoms with van der Waals surface area (Å²) in [5.41, 5.74) is 0.490. The molecule has 0 saturated carbocycles. The summed E-state index contributed by atoms with van der Waals surface area (Å²) in [6.07, 6.45) is 1.26. The van der Waals surface area contributed by atoms with E-state index in [0.29, 0.717) is 6.42 Å². The van der Waals surface area contributed by atoms with E-state index >= 15 is 0 Å². The van der Waals surface area contributed by atoms with Crippen LogP contribution in [0, 0.1) is 10.1 Å². The molecule has 3 rings (SSSR count). The van der Waals surface area contributed by atoms with Crippen molar-refractivity contribution in [2.24, 2.45) is 0 Å². The van der Waals surface area contributed by atoms with Crippen LogP contribution in [0.2, 0.25) is 0 Å². The lowest BCUT2D eigenvalue weighted by molar-refractivity contribution is -0.385. The van der Waals surface area contributed by atoms with Crippen LogP contribution in [0.5, 0.6) is 0 Å². The van der Waals surface area contributed by atoms with Gasteiger partial charge in [0.05, 0.1) is 11.5 Å². The molecule has 1 atom stereocenters. The maximum absolute atomic E-state index is 12.3. The van der Waals surface area contributed by atoms with Gasteiger partial charge in [-0.25, -0.2) is 0 Å². The zero-order valence-electron chi connectivity index (χ0n) is 12.4. The number of hydrogen-bond donors (Lipinski definition) is 2. The van der Waals surface area contributed by atoms with E-state index in [1.807, 2.05) is 24.3 Å². The van der Waals surface area contributed by atoms with Gasteiger partial charge in [0.1, 0.15) is 11.2 Å². The van der Waals surface area contributed by atoms with Gasteiger partial charge in [-0.15, -0.1) is 0 Å². The van der Waals surface area contributed by atoms with Crippen molar-refractivity contribution in [2.75, 3.05) is 6.54 Å². The minimum absolute atomic E-state index is 0.00705. The molecule has 0 radical (unpaired) electrons. The van der Waals surface area contributed by atoms with Crippen LogP contribution in [-0.4, -0.2) is 22.5 Å². The number of hydrogen-bond acceptors (Lipinski definition) is 4. The molecule has 0 heterocycles. The molecule has 0 spiro atoms. The lowest BCUT2D eigenvalue weighted by Crippen LogP contribution is -2.39. The summed E-state index contributed by atoms with van der Waals surface area (Å²) >= 11 is 0. The third-order valence-corrected chi connectivity index (χ3v) is 4.21. The minimum atomic E-state index is -1.13. The molecule has 1 amide bonds. The molecule has 0 aromatic heterocycles. The van der Waals surface area contributed by atoms with E-state index in [2.05, 4.69) is 5.32 Å². The second kappa shape index (κ2) is 5.81. The summed E-state index contributed by atoms with van der Waals surface area (Å²) in [5, 5.41) is 24.4. The van der Waals surface area contributed by atoms with Crippen molar-refractivity contribution in [1.29, 1.82) is 0 Å². The Morgan fingerprint density at radius 2 is 1.91 bits per heavy atom. The van der Waals surface area contributed by atoms with E-state index < -0.39 is 16.4 Å². The number of nitro benzene ring substituents is 1. The van der Waals surface area contributed by atoms with Crippen LogP contribution in [0.15, 0.2) is 48.5 Å². The predicted octanol–water partition coefficient (Wildman–Crippen LogP) is 2.16. The topological polar surface area (TPSA) is 92.5 Å². The van der Waals surface area contributed by atoms with E-state index in [1.165, 1.54) is 18.2 Å². The Morgan fingerprint density at radius 3 is 2.70 bits per heavy atom. The number of carbonyl (C=O) groups is 1. The van der Waals surface area contributed by atoms with Crippen LogP contribution in [0.1, 0.15) is 27.9 Å². The molecule has 1 aliphatic carbocycles. The Bertz CT molecular complexity index is 775. The average molecular weight is 312 g/mol. The Morgan fingerprint density at radius 1 is 1.22 bits per heavy atom. The molecular weight excluding hydrogens is 296 g/mol. The Hall–Kier alpha value is -2.73. The van der Waals surface area contributed by atoms with Crippen molar-refractivity contribution in [2.45, 2.75) is 18.4 Å². The molecule has 6 nitrogen and oxygen atoms in total. The summed E-state index contributed by atoms with van der Waals surface area (Å²) < 4.78 is 0. The number of amides is 1. The molecule has 6 heteroatoms. The van der Waals surface area contributed by atoms with Crippen LogP contribution in [0.25, 0.3) is 0 Å². The standard InChI is InChI=1S/C17H16N2O4/c20-16(13-6-2-4-8-15(13)19(22)23)18-11-17(21)10-9-12-5-1-3-7-14(12)17/h1-8,21H,9-11H2,(H,18,20). The molecule has 118 valence electrons. The maximum Gasteiger partial charge on any atom is 0.282 e. The van der Waals surface area contributed by atoms with E-state index in [4.69, 9.17) is 0 Å². The Kier molecular flexibility index (Phi) is 3.83. The number of aliphatic hydroxyl groups is 1. The number of nitrogens with one attached hydrogen (secondary N) is 1. The molecule has 1 unspecified atom stereocenters. The van der Waals surface area contributed by atoms with Gasteiger partial charge in [0.25, 0.3) is 11.6 Å². The molecule has 2 aromatic carbocycles. The van der Waals surface area contributed by atoms with Crippen LogP contribution >= 0.6 is 0 Å². The van der Waals surface area contributed by atoms with Crippen molar-refractivity contribution in [3.63, 3.8) is 0 Å². The number of carbonyl (C=O) groups excluding carboxylic acids is 1. The normalized spacial score (nSPS) is 19.2. The fourth-order valence-electron chi connectivity index (χ4n) is 3.00. The summed E-state index contributed by atoms with van der Waals surface area (Å²) in [6.45, 7) is 0.0227. The molecule has 2 N–H and O–H groups in total. The van der Waals surface area contributed by atoms with Crippen molar-refractivity contribution in [1.82, 2.24) is 5.32 Å². The van der Waals surface area contributed by atoms with Gasteiger partial charge < -0.3 is 10.4 Å². The maximum atomic E-state index is 12.3. The van der Waals surface area contributed by atoms with Crippen molar-refractivity contribution >= 4 is 11.6 Å². The third kappa shape index (κ3) is 2.80. The molecule has 0 bridgehead atoms. The monoisotopic (exact) mass is 312 g/mol. The number of nitro groups is 1. The third-order valence-electron chi connectivity index (χ3n) is 4.21. The molecule has 0 aliphatic heterocycles. The van der Waals surface area contributed by atoms with Crippen molar-refractivity contribution in [3.05, 3.63) is 75.3 Å². The molecule has 1 aliphatic rings. The van der Waals surface area contributed by atoms with Gasteiger partial charge in [-0.2, -0.15) is 0 Å². The quantitative estimate of drug-likeness (QED) is 0.668. The summed E-state index contributed by atoms with van der Waals surface area (Å²) in [5.74, 6) is -0.560. The van der Waals surface area contributed by atoms with Crippen LogP contribution in [0.3, 0.4) is 0 Å². The smallest absolute Gasteiger partial charge is 0.282 e. The average Bonchev–Trinajstić information content (AvgIpc) is 2.91. The number of para-hydroxylation sites is 1. The fraction of sp³-hybridized carbons (Fsp3) is 0.235. The highest BCUT2D eigenvalue weighted by Gasteiger charge is 2.37. The highest BCUT2D eigenvalue weighted by atomic mass is 16.6. The number of aryl methyl sites for hydroxylation is 1. The van der Waals surface area contributed by atoms with Gasteiger partial charge in [0.2, 0.25) is 0 Å². The van der Waals surface area contributed by atoms with Crippen LogP contribution < -0.4 is 5.32 Å². The lowest BCUT2D eigenvalue weighted by Gasteiger charge is -2.24. The van der Waals surface area contributed by atoms with Gasteiger partial charge in [-0.05, 0) is 30.0 Å². The molecule has 0 fully saturated rings. The SMILES string of the molecule is O=C(NCC1(O)CCc2ccccc21)c1ccccc1[N+](=O)[O-]. The van der Waals surface area contributed by atoms with Gasteiger partial charge >= 0.3 is 0 Å². The van der Waals surface area contributed by atoms with Crippen LogP contribution in [-0.2, 0) is 12.0 Å². The van der Waals surface area contributed by atoms with Crippen molar-refractivity contribution < 1.29 is 14.8 Å². The first-order chi connectivity index (χ1) is 11.0. The van der Waals surface area contributed by atoms with Gasteiger partial charge in [-0.1, -0.05) is 36.4 Å². The van der Waals surface area contributed by atoms with Gasteiger partial charge in [0.15, 0.2) is 0 Å². The molecular formula is C17H16N2O4. The minimum Gasteiger partial charge on any atom is -0.383 e. The molecule has 23 heavy (non-hydrogen) atoms. The highest BCUT2D eigenvalue weighted by molar-refractivity contribution is 5.98. The largest absolute Gasteiger partial charge is 0.383 e. The molecule has 0 saturated heterocycles. The Balaban J connectivity index is 1.77. The second-order valence-corrected chi connectivity index (χ2v) is 5.65. The number of fused-ring (bicyclic) bond motifs is 1. The van der Waals surface area contributed by atoms with Gasteiger partial charge in [0, 0.05) is 6.07 Å². The summed E-state index contributed by atoms with van der Waals surface area (Å²) in [4.78, 5) is 22.7. The van der Waals surface area contributed by atoms with Crippen LogP contribution in [0.4, 0.5) is 5.69 Å². The summed E-state index contributed by atoms with van der Waals surface area (Å²) in [7, 11) is 0. The second-order valence-electron chi connectivity index (χ2n) is 5.65. The lowest BCUT2D eigenvalue weighted by atomic mass is 9.96. The first kappa shape index (κ1) is 15.2. The first-order valence-electron chi connectivity index (χ1n) is 7.34. The fourth-order valence-corrected chi connectivity index (χ4v) is 3.00. The van der Waals surface area contributed by atoms with E-state index in [0.717, 1.165) is 17.5 Å². The number of nitrogens with zero attached hydrogens (tertiary/aromatic N) is 1. The number of rotatable bonds is 4. The highest BCUT2D eigenvalue weighted by Crippen LogP contribution is 2.36. The zero-order chi connectivity index (χ0) is 16.4. The van der Waals surface area contributed by atoms with Gasteiger partial charge in [-0.3, -0.25) is 14.9 Å². The van der Waals surface area contributed by atoms with Crippen molar-refractivity contribution in [3.8, 4) is 0 Å². The summed E-state index contributed by atoms with van der Waals surface area (Å²) in [6, 6.07) is 13.3. The van der Waals surface area contributed by atoms with E-state index in [1.54, 1.807) is 6.07 Å². The van der Waals surface area contributed by atoms with E-state index in [9.17, 15) is 20.0 Å². The molecule has 2 aromatic rings. The zero-order valence-corrected chi connectivity index (χ0v) is 12.4. The number of benzene rings is 2. The first-order valence-corrected chi connectivity index (χ1v) is 7.34.